The SMILES string of the molecule is C[As](C)C1C=CC=C(C(=O)O)C1=S. The van der Waals surface area contributed by atoms with Crippen LogP contribution in [0.2, 0.25) is 16.1 Å². The molecule has 0 radical (unpaired) electrons. The maximum absolute atomic E-state index is 10.8. The number of hydrogen-bond acceptors (Lipinski definition) is 2. The first kappa shape index (κ1) is 10.7. The van der Waals surface area contributed by atoms with E-state index in [-0.39, 0.29) is 4.71 Å². The number of carboxylic acid groups (broad SMARTS) is 1. The zero-order chi connectivity index (χ0) is 10.0. The molecule has 0 aromatic heterocycles. The number of carbonyl (C=O) groups is 1. The average Bonchev–Trinajstić information content (AvgIpc) is 2.03. The summed E-state index contributed by atoms with van der Waals surface area (Å²) >= 11 is 4.15. The molecule has 0 spiro atoms. The van der Waals surface area contributed by atoms with Gasteiger partial charge in [0, 0.05) is 0 Å². The minimum atomic E-state index is -0.985. The number of hydrogen-bond donors (Lipinski definition) is 1. The Morgan fingerprint density at radius 1 is 1.62 bits per heavy atom. The van der Waals surface area contributed by atoms with Gasteiger partial charge < -0.3 is 0 Å². The Bertz CT molecular complexity index is 305. The van der Waals surface area contributed by atoms with E-state index in [2.05, 4.69) is 11.4 Å². The molecule has 4 heteroatoms. The monoisotopic (exact) mass is 258 g/mol. The molecule has 0 saturated heterocycles. The van der Waals surface area contributed by atoms with Gasteiger partial charge in [0.1, 0.15) is 0 Å². The summed E-state index contributed by atoms with van der Waals surface area (Å²) in [5, 5.41) is 8.83. The minimum absolute atomic E-state index is 0.235. The first-order valence-corrected chi connectivity index (χ1v) is 9.11. The molecular weight excluding hydrogens is 247 g/mol. The number of allylic oxidation sites excluding steroid dienone is 3. The molecule has 0 saturated carbocycles. The molecule has 13 heavy (non-hydrogen) atoms. The average molecular weight is 258 g/mol. The quantitative estimate of drug-likeness (QED) is 0.608. The van der Waals surface area contributed by atoms with Crippen LogP contribution in [0, 0.1) is 0 Å². The normalized spacial score (nSPS) is 21.9. The molecule has 1 atom stereocenters. The van der Waals surface area contributed by atoms with Gasteiger partial charge in [-0.15, -0.1) is 0 Å². The third-order valence-electron chi connectivity index (χ3n) is 1.88. The summed E-state index contributed by atoms with van der Waals surface area (Å²) in [5.41, 5.74) is 4.66. The van der Waals surface area contributed by atoms with Crippen LogP contribution in [-0.4, -0.2) is 30.6 Å². The fourth-order valence-corrected chi connectivity index (χ4v) is 4.71. The third kappa shape index (κ3) is 2.29. The molecule has 0 aromatic carbocycles. The number of rotatable bonds is 2. The summed E-state index contributed by atoms with van der Waals surface area (Å²) in [6.45, 7) is 0. The van der Waals surface area contributed by atoms with E-state index in [9.17, 15) is 4.79 Å². The predicted molar refractivity (Wildman–Crippen MR) is 58.7 cm³/mol. The van der Waals surface area contributed by atoms with Crippen molar-refractivity contribution < 1.29 is 9.90 Å². The van der Waals surface area contributed by atoms with E-state index in [1.54, 1.807) is 12.2 Å². The molecule has 0 amide bonds. The van der Waals surface area contributed by atoms with Gasteiger partial charge in [-0.1, -0.05) is 0 Å². The molecule has 1 N–H and O–H groups in total. The Morgan fingerprint density at radius 2 is 2.23 bits per heavy atom. The molecule has 1 aliphatic carbocycles. The molecule has 0 bridgehead atoms. The van der Waals surface area contributed by atoms with Crippen molar-refractivity contribution in [1.29, 1.82) is 0 Å². The van der Waals surface area contributed by atoms with Crippen LogP contribution in [-0.2, 0) is 4.79 Å². The van der Waals surface area contributed by atoms with Gasteiger partial charge in [-0.25, -0.2) is 0 Å². The van der Waals surface area contributed by atoms with Crippen molar-refractivity contribution in [2.24, 2.45) is 0 Å². The molecule has 1 unspecified atom stereocenters. The van der Waals surface area contributed by atoms with E-state index < -0.39 is 20.6 Å². The van der Waals surface area contributed by atoms with Crippen molar-refractivity contribution in [3.05, 3.63) is 23.8 Å². The first-order valence-electron chi connectivity index (χ1n) is 3.86. The van der Waals surface area contributed by atoms with Crippen molar-refractivity contribution in [2.45, 2.75) is 16.1 Å². The van der Waals surface area contributed by atoms with E-state index in [1.165, 1.54) is 0 Å². The van der Waals surface area contributed by atoms with Gasteiger partial charge in [0.05, 0.1) is 0 Å². The molecule has 2 nitrogen and oxygen atoms in total. The summed E-state index contributed by atoms with van der Waals surface area (Å²) in [4.78, 5) is 11.4. The molecule has 0 heterocycles. The van der Waals surface area contributed by atoms with Gasteiger partial charge in [-0.2, -0.15) is 0 Å². The van der Waals surface area contributed by atoms with Gasteiger partial charge in [-0.3, -0.25) is 0 Å². The van der Waals surface area contributed by atoms with Crippen LogP contribution in [0.1, 0.15) is 0 Å². The Labute approximate surface area is 87.6 Å². The van der Waals surface area contributed by atoms with Crippen molar-refractivity contribution in [3.8, 4) is 0 Å². The van der Waals surface area contributed by atoms with Crippen LogP contribution in [0.3, 0.4) is 0 Å². The fraction of sp³-hybridized carbons (Fsp3) is 0.333. The van der Waals surface area contributed by atoms with Crippen LogP contribution < -0.4 is 0 Å². The van der Waals surface area contributed by atoms with E-state index in [1.807, 2.05) is 6.08 Å². The van der Waals surface area contributed by atoms with E-state index in [4.69, 9.17) is 17.3 Å². The van der Waals surface area contributed by atoms with Gasteiger partial charge in [0.25, 0.3) is 0 Å². The van der Waals surface area contributed by atoms with Crippen molar-refractivity contribution >= 4 is 37.7 Å². The van der Waals surface area contributed by atoms with Crippen molar-refractivity contribution in [1.82, 2.24) is 0 Å². The van der Waals surface area contributed by atoms with Crippen LogP contribution in [0.15, 0.2) is 23.8 Å². The van der Waals surface area contributed by atoms with Gasteiger partial charge in [0.2, 0.25) is 0 Å². The molecule has 1 rings (SSSR count). The second kappa shape index (κ2) is 4.21. The maximum atomic E-state index is 10.8. The van der Waals surface area contributed by atoms with Crippen LogP contribution in [0.4, 0.5) is 0 Å². The number of aliphatic carboxylic acids is 1. The Balaban J connectivity index is 2.93. The zero-order valence-corrected chi connectivity index (χ0v) is 10.2. The Hall–Kier alpha value is -0.402. The molecular formula is C9H11AsO2S. The second-order valence-corrected chi connectivity index (χ2v) is 8.69. The number of carboxylic acids is 1. The number of thiocarbonyl (C=S) groups is 1. The summed E-state index contributed by atoms with van der Waals surface area (Å²) in [5.74, 6) is -0.907. The van der Waals surface area contributed by atoms with Crippen LogP contribution in [0.5, 0.6) is 0 Å². The first-order chi connectivity index (χ1) is 6.04. The predicted octanol–water partition coefficient (Wildman–Crippen LogP) is 2.06. The summed E-state index contributed by atoms with van der Waals surface area (Å²) in [6, 6.07) is 0. The van der Waals surface area contributed by atoms with Crippen molar-refractivity contribution in [2.75, 3.05) is 0 Å². The summed E-state index contributed by atoms with van der Waals surface area (Å²) < 4.78 is 0.235. The van der Waals surface area contributed by atoms with E-state index in [0.717, 1.165) is 0 Å². The molecule has 0 aliphatic heterocycles. The molecule has 0 aromatic rings. The fourth-order valence-electron chi connectivity index (χ4n) is 1.17. The van der Waals surface area contributed by atoms with Gasteiger partial charge in [0.15, 0.2) is 0 Å². The van der Waals surface area contributed by atoms with Gasteiger partial charge >= 0.3 is 87.5 Å². The standard InChI is InChI=1S/C9H11AsO2S/c1-10(2)7-5-3-4-6(8(7)13)9(11)12/h3-5,7H,1-2H3,(H,11,12). The summed E-state index contributed by atoms with van der Waals surface area (Å²) in [7, 11) is 0. The van der Waals surface area contributed by atoms with Crippen molar-refractivity contribution in [3.63, 3.8) is 0 Å². The molecule has 70 valence electrons. The molecule has 0 fully saturated rings. The topological polar surface area (TPSA) is 37.3 Å². The van der Waals surface area contributed by atoms with Crippen LogP contribution >= 0.6 is 12.2 Å². The zero-order valence-electron chi connectivity index (χ0n) is 7.52. The van der Waals surface area contributed by atoms with E-state index in [0.29, 0.717) is 10.4 Å². The van der Waals surface area contributed by atoms with Gasteiger partial charge in [-0.05, 0) is 0 Å². The Morgan fingerprint density at radius 3 is 2.69 bits per heavy atom. The third-order valence-corrected chi connectivity index (χ3v) is 5.97. The summed E-state index contributed by atoms with van der Waals surface area (Å²) in [6.07, 6.45) is 5.41. The Kier molecular flexibility index (Phi) is 3.46. The molecule has 1 aliphatic rings. The second-order valence-electron chi connectivity index (χ2n) is 3.04. The van der Waals surface area contributed by atoms with E-state index >= 15 is 0 Å². The van der Waals surface area contributed by atoms with Crippen LogP contribution in [0.25, 0.3) is 0 Å².